The zero-order valence-electron chi connectivity index (χ0n) is 12.3. The Labute approximate surface area is 119 Å². The Morgan fingerprint density at radius 2 is 2.05 bits per heavy atom. The van der Waals surface area contributed by atoms with Gasteiger partial charge < -0.3 is 10.4 Å². The Bertz CT molecular complexity index is 452. The van der Waals surface area contributed by atoms with Crippen LogP contribution in [0.5, 0.6) is 0 Å². The normalized spacial score (nSPS) is 13.1. The fraction of sp³-hybridized carbons (Fsp3) is 0.533. The smallest absolute Gasteiger partial charge is 0.338 e. The summed E-state index contributed by atoms with van der Waals surface area (Å²) in [7, 11) is 0. The molecule has 0 amide bonds. The third-order valence-electron chi connectivity index (χ3n) is 3.21. The van der Waals surface area contributed by atoms with Gasteiger partial charge in [0.2, 0.25) is 0 Å². The van der Waals surface area contributed by atoms with E-state index in [0.29, 0.717) is 11.3 Å². The number of nitrogens with one attached hydrogen (secondary N) is 1. The molecule has 106 valence electrons. The van der Waals surface area contributed by atoms with Gasteiger partial charge in [-0.05, 0) is 30.2 Å². The number of aromatic carboxylic acids is 1. The van der Waals surface area contributed by atoms with E-state index in [1.165, 1.54) is 0 Å². The van der Waals surface area contributed by atoms with Crippen molar-refractivity contribution in [2.24, 2.45) is 5.41 Å². The minimum absolute atomic E-state index is 0.0731. The Morgan fingerprint density at radius 1 is 1.42 bits per heavy atom. The predicted molar refractivity (Wildman–Crippen MR) is 82.3 cm³/mol. The van der Waals surface area contributed by atoms with Crippen LogP contribution in [0.1, 0.15) is 45.0 Å². The molecule has 0 aliphatic heterocycles. The molecule has 0 radical (unpaired) electrons. The fourth-order valence-electron chi connectivity index (χ4n) is 1.60. The minimum atomic E-state index is -0.875. The van der Waals surface area contributed by atoms with Gasteiger partial charge in [-0.15, -0.1) is 11.8 Å². The highest BCUT2D eigenvalue weighted by molar-refractivity contribution is 7.99. The summed E-state index contributed by atoms with van der Waals surface area (Å²) in [5.74, 6) is -0.0152. The topological polar surface area (TPSA) is 49.3 Å². The Hall–Kier alpha value is -1.16. The van der Waals surface area contributed by atoms with E-state index < -0.39 is 5.97 Å². The first-order valence-corrected chi connectivity index (χ1v) is 7.51. The summed E-state index contributed by atoms with van der Waals surface area (Å²) in [4.78, 5) is 12.3. The lowest BCUT2D eigenvalue weighted by Gasteiger charge is -2.29. The maximum atomic E-state index is 11.5. The van der Waals surface area contributed by atoms with E-state index in [-0.39, 0.29) is 11.5 Å². The van der Waals surface area contributed by atoms with Gasteiger partial charge in [0, 0.05) is 10.9 Å². The number of carbonyl (C=O) groups is 1. The van der Waals surface area contributed by atoms with Crippen LogP contribution in [0.2, 0.25) is 0 Å². The molecule has 4 heteroatoms. The van der Waals surface area contributed by atoms with E-state index in [4.69, 9.17) is 0 Å². The van der Waals surface area contributed by atoms with E-state index in [0.717, 1.165) is 10.6 Å². The van der Waals surface area contributed by atoms with Crippen LogP contribution in [-0.4, -0.2) is 22.9 Å². The number of hydrogen-bond donors (Lipinski definition) is 2. The molecule has 0 spiro atoms. The Morgan fingerprint density at radius 3 is 2.53 bits per heavy atom. The lowest BCUT2D eigenvalue weighted by molar-refractivity contribution is 0.0694. The van der Waals surface area contributed by atoms with Gasteiger partial charge in [-0.25, -0.2) is 4.79 Å². The molecule has 0 aromatic heterocycles. The summed E-state index contributed by atoms with van der Waals surface area (Å²) >= 11 is 1.56. The fourth-order valence-corrected chi connectivity index (χ4v) is 2.42. The van der Waals surface area contributed by atoms with Gasteiger partial charge in [-0.3, -0.25) is 0 Å². The van der Waals surface area contributed by atoms with E-state index in [2.05, 4.69) is 33.0 Å². The first-order valence-electron chi connectivity index (χ1n) is 6.53. The minimum Gasteiger partial charge on any atom is -0.478 e. The quantitative estimate of drug-likeness (QED) is 0.788. The van der Waals surface area contributed by atoms with Gasteiger partial charge in [0.15, 0.2) is 0 Å². The van der Waals surface area contributed by atoms with Crippen LogP contribution >= 0.6 is 11.8 Å². The van der Waals surface area contributed by atoms with Crippen LogP contribution in [-0.2, 0) is 0 Å². The molecule has 0 saturated heterocycles. The van der Waals surface area contributed by atoms with Crippen LogP contribution in [0.3, 0.4) is 0 Å². The zero-order chi connectivity index (χ0) is 14.6. The highest BCUT2D eigenvalue weighted by Gasteiger charge is 2.23. The molecule has 19 heavy (non-hydrogen) atoms. The van der Waals surface area contributed by atoms with Crippen LogP contribution in [0.15, 0.2) is 23.1 Å². The molecule has 0 saturated carbocycles. The van der Waals surface area contributed by atoms with E-state index >= 15 is 0 Å². The number of rotatable bonds is 5. The summed E-state index contributed by atoms with van der Waals surface area (Å²) in [6, 6.07) is 5.80. The molecule has 1 aromatic rings. The standard InChI is InChI=1S/C15H23NO2S/c1-6-19-12-9-7-8-11(13(12)14(17)18)16-10(2)15(3,4)5/h7-10,16H,6H2,1-5H3,(H,17,18). The molecule has 0 aliphatic rings. The molecule has 1 unspecified atom stereocenters. The van der Waals surface area contributed by atoms with Crippen molar-refractivity contribution < 1.29 is 9.90 Å². The van der Waals surface area contributed by atoms with Crippen molar-refractivity contribution in [3.05, 3.63) is 23.8 Å². The van der Waals surface area contributed by atoms with Crippen molar-refractivity contribution in [2.75, 3.05) is 11.1 Å². The van der Waals surface area contributed by atoms with Gasteiger partial charge >= 0.3 is 5.97 Å². The second-order valence-electron chi connectivity index (χ2n) is 5.65. The van der Waals surface area contributed by atoms with Crippen molar-refractivity contribution in [2.45, 2.75) is 45.6 Å². The van der Waals surface area contributed by atoms with Crippen molar-refractivity contribution in [1.29, 1.82) is 0 Å². The third kappa shape index (κ3) is 4.16. The van der Waals surface area contributed by atoms with Gasteiger partial charge in [-0.2, -0.15) is 0 Å². The molecule has 2 N–H and O–H groups in total. The van der Waals surface area contributed by atoms with Gasteiger partial charge in [-0.1, -0.05) is 33.8 Å². The summed E-state index contributed by atoms with van der Waals surface area (Å²) in [5, 5.41) is 12.8. The summed E-state index contributed by atoms with van der Waals surface area (Å²) in [5.41, 5.74) is 1.16. The number of benzene rings is 1. The molecule has 3 nitrogen and oxygen atoms in total. The van der Waals surface area contributed by atoms with Crippen LogP contribution < -0.4 is 5.32 Å². The van der Waals surface area contributed by atoms with Crippen LogP contribution in [0.25, 0.3) is 0 Å². The highest BCUT2D eigenvalue weighted by atomic mass is 32.2. The Kier molecular flexibility index (Phi) is 5.29. The average Bonchev–Trinajstić information content (AvgIpc) is 2.27. The van der Waals surface area contributed by atoms with Gasteiger partial charge in [0.25, 0.3) is 0 Å². The molecule has 0 heterocycles. The van der Waals surface area contributed by atoms with Crippen molar-refractivity contribution in [3.63, 3.8) is 0 Å². The SMILES string of the molecule is CCSc1cccc(NC(C)C(C)(C)C)c1C(=O)O. The summed E-state index contributed by atoms with van der Waals surface area (Å²) < 4.78 is 0. The molecule has 1 rings (SSSR count). The maximum absolute atomic E-state index is 11.5. The number of carboxylic acids is 1. The molecule has 0 aliphatic carbocycles. The van der Waals surface area contributed by atoms with Crippen LogP contribution in [0.4, 0.5) is 5.69 Å². The van der Waals surface area contributed by atoms with Gasteiger partial charge in [0.05, 0.1) is 11.3 Å². The first-order chi connectivity index (χ1) is 8.77. The van der Waals surface area contributed by atoms with Gasteiger partial charge in [0.1, 0.15) is 0 Å². The second-order valence-corrected chi connectivity index (χ2v) is 6.95. The number of hydrogen-bond acceptors (Lipinski definition) is 3. The molecule has 0 bridgehead atoms. The lowest BCUT2D eigenvalue weighted by Crippen LogP contribution is -2.31. The van der Waals surface area contributed by atoms with Crippen LogP contribution in [0, 0.1) is 5.41 Å². The molecule has 1 atom stereocenters. The lowest BCUT2D eigenvalue weighted by atomic mass is 9.88. The second kappa shape index (κ2) is 6.33. The number of thioether (sulfide) groups is 1. The first kappa shape index (κ1) is 15.9. The van der Waals surface area contributed by atoms with E-state index in [9.17, 15) is 9.90 Å². The summed E-state index contributed by atoms with van der Waals surface area (Å²) in [6.07, 6.45) is 0. The molecular formula is C15H23NO2S. The molecule has 0 fully saturated rings. The van der Waals surface area contributed by atoms with Crippen molar-refractivity contribution in [3.8, 4) is 0 Å². The summed E-state index contributed by atoms with van der Waals surface area (Å²) in [6.45, 7) is 10.5. The van der Waals surface area contributed by atoms with E-state index in [1.807, 2.05) is 25.1 Å². The number of carboxylic acid groups (broad SMARTS) is 1. The monoisotopic (exact) mass is 281 g/mol. The highest BCUT2D eigenvalue weighted by Crippen LogP contribution is 2.31. The molecule has 1 aromatic carbocycles. The molecular weight excluding hydrogens is 258 g/mol. The zero-order valence-corrected chi connectivity index (χ0v) is 13.1. The van der Waals surface area contributed by atoms with Crippen molar-refractivity contribution in [1.82, 2.24) is 0 Å². The maximum Gasteiger partial charge on any atom is 0.338 e. The predicted octanol–water partition coefficient (Wildman–Crippen LogP) is 4.34. The number of anilines is 1. The van der Waals surface area contributed by atoms with Crippen molar-refractivity contribution >= 4 is 23.4 Å². The average molecular weight is 281 g/mol. The third-order valence-corrected chi connectivity index (χ3v) is 4.15. The largest absolute Gasteiger partial charge is 0.478 e. The Balaban J connectivity index is 3.13. The van der Waals surface area contributed by atoms with E-state index in [1.54, 1.807) is 11.8 Å².